The SMILES string of the molecule is COCC(O)CCNc1cc(Cl)c(F)cc1[N+](=O)[O-]. The third kappa shape index (κ3) is 4.62. The van der Waals surface area contributed by atoms with Gasteiger partial charge in [-0.3, -0.25) is 10.1 Å². The van der Waals surface area contributed by atoms with E-state index in [1.165, 1.54) is 7.11 Å². The number of nitro benzene ring substituents is 1. The van der Waals surface area contributed by atoms with Crippen LogP contribution in [0, 0.1) is 15.9 Å². The number of aliphatic hydroxyl groups excluding tert-OH is 1. The Labute approximate surface area is 114 Å². The van der Waals surface area contributed by atoms with Crippen molar-refractivity contribution in [1.82, 2.24) is 0 Å². The van der Waals surface area contributed by atoms with Gasteiger partial charge in [0.15, 0.2) is 0 Å². The summed E-state index contributed by atoms with van der Waals surface area (Å²) in [6, 6.07) is 1.91. The lowest BCUT2D eigenvalue weighted by molar-refractivity contribution is -0.384. The van der Waals surface area contributed by atoms with Crippen molar-refractivity contribution in [2.45, 2.75) is 12.5 Å². The van der Waals surface area contributed by atoms with E-state index >= 15 is 0 Å². The second-order valence-corrected chi connectivity index (χ2v) is 4.27. The topological polar surface area (TPSA) is 84.6 Å². The second kappa shape index (κ2) is 7.22. The molecule has 1 aromatic carbocycles. The maximum Gasteiger partial charge on any atom is 0.295 e. The van der Waals surface area contributed by atoms with Crippen LogP contribution >= 0.6 is 11.6 Å². The van der Waals surface area contributed by atoms with Gasteiger partial charge in [-0.05, 0) is 12.5 Å². The first-order chi connectivity index (χ1) is 8.95. The molecule has 0 amide bonds. The van der Waals surface area contributed by atoms with Crippen LogP contribution in [0.3, 0.4) is 0 Å². The molecule has 1 unspecified atom stereocenters. The summed E-state index contributed by atoms with van der Waals surface area (Å²) in [5, 5.41) is 22.7. The monoisotopic (exact) mass is 292 g/mol. The summed E-state index contributed by atoms with van der Waals surface area (Å²) in [6.45, 7) is 0.446. The average molecular weight is 293 g/mol. The van der Waals surface area contributed by atoms with E-state index in [1.54, 1.807) is 0 Å². The van der Waals surface area contributed by atoms with E-state index in [1.807, 2.05) is 0 Å². The van der Waals surface area contributed by atoms with Crippen molar-refractivity contribution in [2.75, 3.05) is 25.6 Å². The Morgan fingerprint density at radius 1 is 1.63 bits per heavy atom. The standard InChI is InChI=1S/C11H14ClFN2O4/c1-19-6-7(16)2-3-14-10-4-8(12)9(13)5-11(10)15(17)18/h4-5,7,14,16H,2-3,6H2,1H3. The van der Waals surface area contributed by atoms with E-state index in [4.69, 9.17) is 16.3 Å². The highest BCUT2D eigenvalue weighted by Gasteiger charge is 2.17. The Hall–Kier alpha value is -1.44. The minimum absolute atomic E-state index is 0.112. The number of hydrogen-bond donors (Lipinski definition) is 2. The van der Waals surface area contributed by atoms with Gasteiger partial charge in [0.05, 0.1) is 28.7 Å². The fourth-order valence-electron chi connectivity index (χ4n) is 1.48. The van der Waals surface area contributed by atoms with Crippen molar-refractivity contribution in [3.05, 3.63) is 33.1 Å². The van der Waals surface area contributed by atoms with Crippen LogP contribution in [0.2, 0.25) is 5.02 Å². The van der Waals surface area contributed by atoms with Crippen molar-refractivity contribution in [1.29, 1.82) is 0 Å². The van der Waals surface area contributed by atoms with Gasteiger partial charge in [0.1, 0.15) is 11.5 Å². The third-order valence-electron chi connectivity index (χ3n) is 2.39. The molecule has 0 aliphatic heterocycles. The van der Waals surface area contributed by atoms with Crippen molar-refractivity contribution >= 4 is 23.0 Å². The minimum atomic E-state index is -0.849. The number of benzene rings is 1. The van der Waals surface area contributed by atoms with E-state index in [9.17, 15) is 19.6 Å². The molecule has 0 aliphatic carbocycles. The number of aliphatic hydroxyl groups is 1. The molecule has 0 fully saturated rings. The zero-order chi connectivity index (χ0) is 14.4. The Kier molecular flexibility index (Phi) is 5.94. The van der Waals surface area contributed by atoms with Crippen molar-refractivity contribution in [3.63, 3.8) is 0 Å². The average Bonchev–Trinajstić information content (AvgIpc) is 2.33. The number of anilines is 1. The summed E-state index contributed by atoms with van der Waals surface area (Å²) >= 11 is 5.57. The molecule has 2 N–H and O–H groups in total. The fourth-order valence-corrected chi connectivity index (χ4v) is 1.64. The Balaban J connectivity index is 2.72. The number of nitrogens with zero attached hydrogens (tertiary/aromatic N) is 1. The molecule has 6 nitrogen and oxygen atoms in total. The second-order valence-electron chi connectivity index (χ2n) is 3.87. The number of halogens is 2. The molecule has 106 valence electrons. The number of methoxy groups -OCH3 is 1. The molecule has 0 radical (unpaired) electrons. The molecule has 19 heavy (non-hydrogen) atoms. The predicted octanol–water partition coefficient (Wildman–Crippen LogP) is 2.20. The van der Waals surface area contributed by atoms with Crippen LogP contribution in [0.4, 0.5) is 15.8 Å². The summed E-state index contributed by atoms with van der Waals surface area (Å²) in [4.78, 5) is 10.1. The molecule has 0 heterocycles. The van der Waals surface area contributed by atoms with Gasteiger partial charge < -0.3 is 15.2 Å². The number of ether oxygens (including phenoxy) is 1. The van der Waals surface area contributed by atoms with Crippen LogP contribution in [0.1, 0.15) is 6.42 Å². The molecule has 0 saturated heterocycles. The van der Waals surface area contributed by atoms with E-state index in [0.29, 0.717) is 6.42 Å². The Bertz CT molecular complexity index is 459. The summed E-state index contributed by atoms with van der Waals surface area (Å²) < 4.78 is 17.9. The summed E-state index contributed by atoms with van der Waals surface area (Å²) in [5.41, 5.74) is -0.288. The van der Waals surface area contributed by atoms with Crippen LogP contribution in [0.15, 0.2) is 12.1 Å². The summed E-state index contributed by atoms with van der Waals surface area (Å²) in [6.07, 6.45) is -0.340. The molecule has 1 atom stereocenters. The normalized spacial score (nSPS) is 12.2. The first-order valence-electron chi connectivity index (χ1n) is 5.50. The highest BCUT2D eigenvalue weighted by atomic mass is 35.5. The zero-order valence-corrected chi connectivity index (χ0v) is 11.0. The third-order valence-corrected chi connectivity index (χ3v) is 2.68. The molecule has 0 aromatic heterocycles. The number of rotatable bonds is 7. The molecule has 0 saturated carbocycles. The lowest BCUT2D eigenvalue weighted by atomic mass is 10.2. The fraction of sp³-hybridized carbons (Fsp3) is 0.455. The van der Waals surface area contributed by atoms with E-state index in [2.05, 4.69) is 5.32 Å². The van der Waals surface area contributed by atoms with Crippen LogP contribution in [-0.4, -0.2) is 36.4 Å². The summed E-state index contributed by atoms with van der Waals surface area (Å²) in [7, 11) is 1.46. The van der Waals surface area contributed by atoms with Gasteiger partial charge in [-0.15, -0.1) is 0 Å². The maximum absolute atomic E-state index is 13.1. The quantitative estimate of drug-likeness (QED) is 0.594. The van der Waals surface area contributed by atoms with Gasteiger partial charge in [-0.25, -0.2) is 4.39 Å². The van der Waals surface area contributed by atoms with Gasteiger partial charge in [0.25, 0.3) is 5.69 Å². The smallest absolute Gasteiger partial charge is 0.295 e. The Morgan fingerprint density at radius 3 is 2.89 bits per heavy atom. The lowest BCUT2D eigenvalue weighted by Crippen LogP contribution is -2.18. The van der Waals surface area contributed by atoms with Gasteiger partial charge >= 0.3 is 0 Å². The van der Waals surface area contributed by atoms with Gasteiger partial charge in [0, 0.05) is 13.7 Å². The van der Waals surface area contributed by atoms with Crippen molar-refractivity contribution in [3.8, 4) is 0 Å². The maximum atomic E-state index is 13.1. The van der Waals surface area contributed by atoms with Gasteiger partial charge in [0.2, 0.25) is 0 Å². The molecule has 8 heteroatoms. The molecule has 0 bridgehead atoms. The first-order valence-corrected chi connectivity index (χ1v) is 5.87. The molecule has 0 aliphatic rings. The largest absolute Gasteiger partial charge is 0.391 e. The summed E-state index contributed by atoms with van der Waals surface area (Å²) in [5.74, 6) is -0.849. The van der Waals surface area contributed by atoms with Crippen LogP contribution < -0.4 is 5.32 Å². The highest BCUT2D eigenvalue weighted by molar-refractivity contribution is 6.31. The van der Waals surface area contributed by atoms with Crippen molar-refractivity contribution in [2.24, 2.45) is 0 Å². The molecule has 1 rings (SSSR count). The van der Waals surface area contributed by atoms with E-state index in [-0.39, 0.29) is 23.9 Å². The minimum Gasteiger partial charge on any atom is -0.391 e. The lowest BCUT2D eigenvalue weighted by Gasteiger charge is -2.11. The molecule has 1 aromatic rings. The number of nitro groups is 1. The van der Waals surface area contributed by atoms with E-state index in [0.717, 1.165) is 12.1 Å². The molecule has 0 spiro atoms. The van der Waals surface area contributed by atoms with E-state index < -0.39 is 22.5 Å². The first kappa shape index (κ1) is 15.6. The van der Waals surface area contributed by atoms with Gasteiger partial charge in [-0.1, -0.05) is 11.6 Å². The number of hydrogen-bond acceptors (Lipinski definition) is 5. The van der Waals surface area contributed by atoms with Crippen LogP contribution in [0.5, 0.6) is 0 Å². The van der Waals surface area contributed by atoms with Crippen molar-refractivity contribution < 1.29 is 19.2 Å². The Morgan fingerprint density at radius 2 is 2.32 bits per heavy atom. The molecular weight excluding hydrogens is 279 g/mol. The highest BCUT2D eigenvalue weighted by Crippen LogP contribution is 2.30. The number of nitrogens with one attached hydrogen (secondary N) is 1. The zero-order valence-electron chi connectivity index (χ0n) is 10.2. The van der Waals surface area contributed by atoms with Gasteiger partial charge in [-0.2, -0.15) is 0 Å². The molecular formula is C11H14ClFN2O4. The van der Waals surface area contributed by atoms with Crippen LogP contribution in [-0.2, 0) is 4.74 Å². The predicted molar refractivity (Wildman–Crippen MR) is 69.1 cm³/mol. The van der Waals surface area contributed by atoms with Crippen LogP contribution in [0.25, 0.3) is 0 Å².